The van der Waals surface area contributed by atoms with Crippen LogP contribution in [0.15, 0.2) is 0 Å². The van der Waals surface area contributed by atoms with Crippen LogP contribution in [0.2, 0.25) is 0 Å². The molecule has 0 aromatic heterocycles. The van der Waals surface area contributed by atoms with Crippen molar-refractivity contribution in [1.82, 2.24) is 15.5 Å². The summed E-state index contributed by atoms with van der Waals surface area (Å²) in [4.78, 5) is 54.3. The fourth-order valence-electron chi connectivity index (χ4n) is 7.08. The third kappa shape index (κ3) is 4.00. The van der Waals surface area contributed by atoms with E-state index in [1.165, 1.54) is 6.42 Å². The molecule has 4 N–H and O–H groups in total. The van der Waals surface area contributed by atoms with E-state index in [4.69, 9.17) is 5.73 Å². The van der Waals surface area contributed by atoms with E-state index in [1.54, 1.807) is 4.90 Å². The van der Waals surface area contributed by atoms with E-state index in [9.17, 15) is 19.2 Å². The summed E-state index contributed by atoms with van der Waals surface area (Å²) >= 11 is 0. The molecule has 196 valence electrons. The van der Waals surface area contributed by atoms with Gasteiger partial charge in [-0.25, -0.2) is 0 Å². The largest absolute Gasteiger partial charge is 0.347 e. The molecule has 3 aliphatic carbocycles. The highest BCUT2D eigenvalue weighted by Crippen LogP contribution is 2.88. The minimum atomic E-state index is -0.888. The lowest BCUT2D eigenvalue weighted by atomic mass is 9.73. The van der Waals surface area contributed by atoms with Gasteiger partial charge in [-0.2, -0.15) is 0 Å². The number of carbonyl (C=O) groups excluding carboxylic acids is 4. The first-order chi connectivity index (χ1) is 16.2. The lowest BCUT2D eigenvalue weighted by molar-refractivity contribution is -0.143. The van der Waals surface area contributed by atoms with Crippen molar-refractivity contribution in [3.8, 4) is 0 Å². The van der Waals surface area contributed by atoms with E-state index in [0.717, 1.165) is 25.7 Å². The van der Waals surface area contributed by atoms with Crippen molar-refractivity contribution in [3.63, 3.8) is 0 Å². The van der Waals surface area contributed by atoms with Crippen LogP contribution in [0.25, 0.3) is 0 Å². The Labute approximate surface area is 209 Å². The molecule has 2 spiro atoms. The van der Waals surface area contributed by atoms with Crippen LogP contribution in [-0.2, 0) is 19.2 Å². The molecular formula is C27H44N4O4. The molecule has 1 heterocycles. The number of ketones is 1. The molecule has 3 amide bonds. The summed E-state index contributed by atoms with van der Waals surface area (Å²) < 4.78 is 0. The second-order valence-electron chi connectivity index (χ2n) is 13.1. The zero-order valence-electron chi connectivity index (χ0n) is 22.3. The van der Waals surface area contributed by atoms with Crippen molar-refractivity contribution in [2.75, 3.05) is 6.54 Å². The molecule has 0 radical (unpaired) electrons. The molecule has 0 bridgehead atoms. The van der Waals surface area contributed by atoms with E-state index in [0.29, 0.717) is 25.8 Å². The standard InChI is InChI=1S/C27H44N4O4/c1-7-9-17(19(32)22(34)29-16-10-11-16)30-21(33)18-14-27(25(5,6)26(27)12-8-13-26)15-31(18)23(35)20(28)24(2,3)4/h16-18,20H,7-15,28H2,1-6H3,(H,29,34)(H,30,33)/t17?,18?,20-,27?/m0/s1. The summed E-state index contributed by atoms with van der Waals surface area (Å²) in [5.74, 6) is -1.80. The third-order valence-corrected chi connectivity index (χ3v) is 9.94. The van der Waals surface area contributed by atoms with Gasteiger partial charge in [0.15, 0.2) is 0 Å². The van der Waals surface area contributed by atoms with Crippen molar-refractivity contribution in [2.45, 2.75) is 117 Å². The number of fused-ring (bicyclic) bond motifs is 1. The molecule has 3 unspecified atom stereocenters. The molecule has 4 aliphatic rings. The Hall–Kier alpha value is -1.96. The van der Waals surface area contributed by atoms with Crippen LogP contribution in [-0.4, -0.2) is 59.1 Å². The molecule has 0 aromatic carbocycles. The van der Waals surface area contributed by atoms with E-state index < -0.39 is 35.2 Å². The maximum atomic E-state index is 13.7. The summed E-state index contributed by atoms with van der Waals surface area (Å²) in [5.41, 5.74) is 6.05. The van der Waals surface area contributed by atoms with Gasteiger partial charge in [0, 0.05) is 18.0 Å². The number of likely N-dealkylation sites (tertiary alicyclic amines) is 1. The monoisotopic (exact) mass is 488 g/mol. The first kappa shape index (κ1) is 26.1. The summed E-state index contributed by atoms with van der Waals surface area (Å²) in [6, 6.07) is -2.24. The molecular weight excluding hydrogens is 444 g/mol. The lowest BCUT2D eigenvalue weighted by Gasteiger charge is -2.33. The van der Waals surface area contributed by atoms with Crippen LogP contribution < -0.4 is 16.4 Å². The number of carbonyl (C=O) groups is 4. The summed E-state index contributed by atoms with van der Waals surface area (Å²) in [6.45, 7) is 12.8. The summed E-state index contributed by atoms with van der Waals surface area (Å²) in [5, 5.41) is 5.60. The number of rotatable bonds is 8. The predicted octanol–water partition coefficient (Wildman–Crippen LogP) is 2.29. The molecule has 4 atom stereocenters. The van der Waals surface area contributed by atoms with E-state index in [-0.39, 0.29) is 34.1 Å². The SMILES string of the molecule is CCCC(NC(=O)C1CC2(CN1C(=O)[C@H](N)C(C)(C)C)C(C)(C)C21CCC1)C(=O)C(=O)NC1CC1. The van der Waals surface area contributed by atoms with Gasteiger partial charge in [0.05, 0.1) is 12.1 Å². The smallest absolute Gasteiger partial charge is 0.289 e. The highest BCUT2D eigenvalue weighted by molar-refractivity contribution is 6.38. The molecule has 3 saturated carbocycles. The fraction of sp³-hybridized carbons (Fsp3) is 0.852. The Morgan fingerprint density at radius 3 is 2.17 bits per heavy atom. The molecule has 4 fully saturated rings. The zero-order valence-corrected chi connectivity index (χ0v) is 22.3. The molecule has 1 aliphatic heterocycles. The van der Waals surface area contributed by atoms with Gasteiger partial charge >= 0.3 is 0 Å². The number of nitrogens with zero attached hydrogens (tertiary/aromatic N) is 1. The van der Waals surface area contributed by atoms with Crippen LogP contribution in [0.5, 0.6) is 0 Å². The maximum Gasteiger partial charge on any atom is 0.289 e. The predicted molar refractivity (Wildman–Crippen MR) is 133 cm³/mol. The van der Waals surface area contributed by atoms with E-state index in [2.05, 4.69) is 24.5 Å². The topological polar surface area (TPSA) is 122 Å². The van der Waals surface area contributed by atoms with Crippen molar-refractivity contribution in [3.05, 3.63) is 0 Å². The lowest BCUT2D eigenvalue weighted by Crippen LogP contribution is -2.57. The van der Waals surface area contributed by atoms with E-state index >= 15 is 0 Å². The van der Waals surface area contributed by atoms with Crippen LogP contribution >= 0.6 is 0 Å². The van der Waals surface area contributed by atoms with Crippen LogP contribution in [0.1, 0.15) is 92.9 Å². The number of nitrogens with two attached hydrogens (primary N) is 1. The molecule has 35 heavy (non-hydrogen) atoms. The van der Waals surface area contributed by atoms with Gasteiger partial charge in [0.2, 0.25) is 17.6 Å². The minimum absolute atomic E-state index is 0.0421. The average Bonchev–Trinajstić information content (AvgIpc) is 3.56. The Bertz CT molecular complexity index is 915. The van der Waals surface area contributed by atoms with Gasteiger partial charge in [-0.15, -0.1) is 0 Å². The van der Waals surface area contributed by atoms with Gasteiger partial charge < -0.3 is 21.3 Å². The second-order valence-corrected chi connectivity index (χ2v) is 13.1. The number of hydrogen-bond acceptors (Lipinski definition) is 5. The molecule has 8 nitrogen and oxygen atoms in total. The number of hydrogen-bond donors (Lipinski definition) is 3. The van der Waals surface area contributed by atoms with Crippen molar-refractivity contribution < 1.29 is 19.2 Å². The number of nitrogens with one attached hydrogen (secondary N) is 2. The average molecular weight is 489 g/mol. The third-order valence-electron chi connectivity index (χ3n) is 9.94. The Balaban J connectivity index is 1.56. The normalized spacial score (nSPS) is 29.9. The molecule has 4 rings (SSSR count). The number of Topliss-reactive ketones (excluding diaryl/α,β-unsaturated/α-hetero) is 1. The van der Waals surface area contributed by atoms with Gasteiger partial charge in [0.1, 0.15) is 6.04 Å². The molecule has 0 aromatic rings. The Morgan fingerprint density at radius 2 is 1.71 bits per heavy atom. The molecule has 8 heteroatoms. The number of amides is 3. The van der Waals surface area contributed by atoms with Crippen LogP contribution in [0, 0.1) is 21.7 Å². The fourth-order valence-corrected chi connectivity index (χ4v) is 7.08. The van der Waals surface area contributed by atoms with Crippen LogP contribution in [0.4, 0.5) is 0 Å². The second kappa shape index (κ2) is 8.56. The van der Waals surface area contributed by atoms with Gasteiger partial charge in [-0.1, -0.05) is 54.4 Å². The first-order valence-electron chi connectivity index (χ1n) is 13.4. The highest BCUT2D eigenvalue weighted by Gasteiger charge is 2.85. The first-order valence-corrected chi connectivity index (χ1v) is 13.4. The van der Waals surface area contributed by atoms with Crippen molar-refractivity contribution in [2.24, 2.45) is 27.4 Å². The van der Waals surface area contributed by atoms with Crippen LogP contribution in [0.3, 0.4) is 0 Å². The van der Waals surface area contributed by atoms with Crippen molar-refractivity contribution in [1.29, 1.82) is 0 Å². The maximum absolute atomic E-state index is 13.7. The highest BCUT2D eigenvalue weighted by atomic mass is 16.2. The Morgan fingerprint density at radius 1 is 1.09 bits per heavy atom. The minimum Gasteiger partial charge on any atom is -0.347 e. The molecule has 1 saturated heterocycles. The quantitative estimate of drug-likeness (QED) is 0.453. The van der Waals surface area contributed by atoms with Gasteiger partial charge in [-0.05, 0) is 54.8 Å². The van der Waals surface area contributed by atoms with E-state index in [1.807, 2.05) is 27.7 Å². The zero-order chi connectivity index (χ0) is 26.0. The van der Waals surface area contributed by atoms with Crippen molar-refractivity contribution >= 4 is 23.5 Å². The summed E-state index contributed by atoms with van der Waals surface area (Å²) in [7, 11) is 0. The summed E-state index contributed by atoms with van der Waals surface area (Å²) in [6.07, 6.45) is 6.81. The Kier molecular flexibility index (Phi) is 6.39. The van der Waals surface area contributed by atoms with Gasteiger partial charge in [0.25, 0.3) is 5.91 Å². The van der Waals surface area contributed by atoms with Gasteiger partial charge in [-0.3, -0.25) is 19.2 Å².